The van der Waals surface area contributed by atoms with E-state index in [2.05, 4.69) is 10.2 Å². The average molecular weight is 522 g/mol. The number of nitro groups is 2. The molecule has 184 valence electrons. The Labute approximate surface area is 204 Å². The second-order valence-electron chi connectivity index (χ2n) is 7.23. The summed E-state index contributed by atoms with van der Waals surface area (Å²) in [5.74, 6) is 0. The van der Waals surface area contributed by atoms with E-state index in [4.69, 9.17) is 0 Å². The molecule has 0 fully saturated rings. The molecule has 0 atom stereocenters. The molecule has 1 heterocycles. The largest absolute Gasteiger partial charge is 0.342 e. The van der Waals surface area contributed by atoms with E-state index in [0.29, 0.717) is 35.7 Å². The third-order valence-electron chi connectivity index (χ3n) is 4.93. The van der Waals surface area contributed by atoms with Crippen LogP contribution in [0.3, 0.4) is 0 Å². The summed E-state index contributed by atoms with van der Waals surface area (Å²) >= 11 is 0.563. The monoisotopic (exact) mass is 521 g/mol. The SMILES string of the molecule is CCCc1cc(N=Nc2sc([N+](=O)[O-])cc2[N+](=O)[O-])ccc1N(CC)c1ccc(S(=O)(=O)F)cc1. The second kappa shape index (κ2) is 10.7. The van der Waals surface area contributed by atoms with Gasteiger partial charge in [0.1, 0.15) is 6.07 Å². The Hall–Kier alpha value is -3.78. The maximum Gasteiger partial charge on any atom is 0.333 e. The molecule has 14 heteroatoms. The van der Waals surface area contributed by atoms with Gasteiger partial charge in [-0.15, -0.1) is 14.1 Å². The summed E-state index contributed by atoms with van der Waals surface area (Å²) in [4.78, 5) is 22.2. The van der Waals surface area contributed by atoms with Crippen LogP contribution in [-0.4, -0.2) is 24.8 Å². The van der Waals surface area contributed by atoms with Crippen LogP contribution in [0, 0.1) is 20.2 Å². The molecule has 0 bridgehead atoms. The number of hydrogen-bond donors (Lipinski definition) is 0. The van der Waals surface area contributed by atoms with Gasteiger partial charge in [-0.3, -0.25) is 20.2 Å². The second-order valence-corrected chi connectivity index (χ2v) is 9.58. The van der Waals surface area contributed by atoms with Gasteiger partial charge in [0.15, 0.2) is 0 Å². The average Bonchev–Trinajstić information content (AvgIpc) is 3.24. The lowest BCUT2D eigenvalue weighted by Crippen LogP contribution is -2.17. The molecular weight excluding hydrogens is 501 g/mol. The number of benzene rings is 2. The number of anilines is 2. The Morgan fingerprint density at radius 2 is 1.69 bits per heavy atom. The van der Waals surface area contributed by atoms with Crippen molar-refractivity contribution in [3.05, 3.63) is 74.3 Å². The van der Waals surface area contributed by atoms with Crippen molar-refractivity contribution in [3.63, 3.8) is 0 Å². The molecular formula is C21H20FN5O6S2. The summed E-state index contributed by atoms with van der Waals surface area (Å²) < 4.78 is 35.5. The fourth-order valence-corrected chi connectivity index (χ4v) is 4.63. The highest BCUT2D eigenvalue weighted by Crippen LogP contribution is 2.42. The summed E-state index contributed by atoms with van der Waals surface area (Å²) in [6.45, 7) is 4.43. The summed E-state index contributed by atoms with van der Waals surface area (Å²) in [6, 6.07) is 11.5. The first kappa shape index (κ1) is 25.8. The van der Waals surface area contributed by atoms with Crippen LogP contribution >= 0.6 is 11.3 Å². The van der Waals surface area contributed by atoms with Crippen molar-refractivity contribution in [3.8, 4) is 0 Å². The number of nitrogens with zero attached hydrogens (tertiary/aromatic N) is 5. The van der Waals surface area contributed by atoms with E-state index in [-0.39, 0.29) is 5.00 Å². The van der Waals surface area contributed by atoms with E-state index in [1.165, 1.54) is 24.3 Å². The van der Waals surface area contributed by atoms with Crippen LogP contribution in [0.5, 0.6) is 0 Å². The van der Waals surface area contributed by atoms with Crippen molar-refractivity contribution in [2.24, 2.45) is 10.2 Å². The molecule has 2 aromatic carbocycles. The van der Waals surface area contributed by atoms with Crippen LogP contribution in [0.25, 0.3) is 0 Å². The maximum absolute atomic E-state index is 13.2. The fraction of sp³-hybridized carbons (Fsp3) is 0.238. The van der Waals surface area contributed by atoms with E-state index in [1.807, 2.05) is 18.7 Å². The van der Waals surface area contributed by atoms with Gasteiger partial charge in [0, 0.05) is 17.9 Å². The highest BCUT2D eigenvalue weighted by atomic mass is 32.3. The summed E-state index contributed by atoms with van der Waals surface area (Å²) in [6.07, 6.45) is 1.46. The molecule has 0 saturated carbocycles. The van der Waals surface area contributed by atoms with E-state index >= 15 is 0 Å². The zero-order chi connectivity index (χ0) is 25.8. The van der Waals surface area contributed by atoms with Gasteiger partial charge in [-0.25, -0.2) is 0 Å². The van der Waals surface area contributed by atoms with Crippen LogP contribution < -0.4 is 4.90 Å². The molecule has 0 aliphatic rings. The first-order chi connectivity index (χ1) is 16.5. The predicted molar refractivity (Wildman–Crippen MR) is 130 cm³/mol. The van der Waals surface area contributed by atoms with Crippen molar-refractivity contribution >= 4 is 54.3 Å². The number of rotatable bonds is 10. The highest BCUT2D eigenvalue weighted by Gasteiger charge is 2.25. The van der Waals surface area contributed by atoms with Crippen molar-refractivity contribution in [2.45, 2.75) is 31.6 Å². The first-order valence-corrected chi connectivity index (χ1v) is 12.5. The molecule has 0 saturated heterocycles. The molecule has 35 heavy (non-hydrogen) atoms. The zero-order valence-electron chi connectivity index (χ0n) is 18.6. The lowest BCUT2D eigenvalue weighted by atomic mass is 10.1. The lowest BCUT2D eigenvalue weighted by molar-refractivity contribution is -0.389. The van der Waals surface area contributed by atoms with E-state index < -0.39 is 35.7 Å². The summed E-state index contributed by atoms with van der Waals surface area (Å²) in [7, 11) is -4.80. The van der Waals surface area contributed by atoms with Gasteiger partial charge in [0.25, 0.3) is 0 Å². The Morgan fingerprint density at radius 1 is 1.00 bits per heavy atom. The van der Waals surface area contributed by atoms with E-state index in [0.717, 1.165) is 23.7 Å². The normalized spacial score (nSPS) is 11.6. The molecule has 0 amide bonds. The number of azo groups is 1. The van der Waals surface area contributed by atoms with E-state index in [1.54, 1.807) is 18.2 Å². The summed E-state index contributed by atoms with van der Waals surface area (Å²) in [5.41, 5.74) is 2.28. The fourth-order valence-electron chi connectivity index (χ4n) is 3.40. The topological polar surface area (TPSA) is 148 Å². The van der Waals surface area contributed by atoms with Crippen molar-refractivity contribution < 1.29 is 22.2 Å². The van der Waals surface area contributed by atoms with Gasteiger partial charge >= 0.3 is 20.9 Å². The molecule has 1 aromatic heterocycles. The van der Waals surface area contributed by atoms with Gasteiger partial charge in [-0.05, 0) is 72.7 Å². The van der Waals surface area contributed by atoms with Crippen molar-refractivity contribution in [2.75, 3.05) is 11.4 Å². The Balaban J connectivity index is 1.97. The minimum Gasteiger partial charge on any atom is -0.342 e. The molecule has 0 unspecified atom stereocenters. The molecule has 3 rings (SSSR count). The summed E-state index contributed by atoms with van der Waals surface area (Å²) in [5, 5.41) is 29.5. The van der Waals surface area contributed by atoms with Crippen molar-refractivity contribution in [1.82, 2.24) is 0 Å². The zero-order valence-corrected chi connectivity index (χ0v) is 20.3. The van der Waals surface area contributed by atoms with Crippen LogP contribution in [0.15, 0.2) is 63.7 Å². The van der Waals surface area contributed by atoms with Crippen LogP contribution in [-0.2, 0) is 16.6 Å². The van der Waals surface area contributed by atoms with Gasteiger partial charge < -0.3 is 4.90 Å². The molecule has 0 spiro atoms. The van der Waals surface area contributed by atoms with Crippen LogP contribution in [0.2, 0.25) is 0 Å². The highest BCUT2D eigenvalue weighted by molar-refractivity contribution is 7.86. The van der Waals surface area contributed by atoms with E-state index in [9.17, 15) is 32.5 Å². The lowest BCUT2D eigenvalue weighted by Gasteiger charge is -2.26. The Kier molecular flexibility index (Phi) is 7.86. The third-order valence-corrected chi connectivity index (χ3v) is 6.73. The number of hydrogen-bond acceptors (Lipinski definition) is 10. The number of thiophene rings is 1. The minimum absolute atomic E-state index is 0.180. The van der Waals surface area contributed by atoms with Crippen molar-refractivity contribution in [1.29, 1.82) is 0 Å². The quantitative estimate of drug-likeness (QED) is 0.124. The maximum atomic E-state index is 13.2. The molecule has 11 nitrogen and oxygen atoms in total. The standard InChI is InChI=1S/C21H20FN5O6S2/c1-3-5-14-12-15(23-24-21-19(26(28)29)13-20(34-21)27(30)31)6-11-18(14)25(4-2)16-7-9-17(10-8-16)35(22,32)33/h6-13H,3-5H2,1-2H3. The predicted octanol–water partition coefficient (Wildman–Crippen LogP) is 6.75. The van der Waals surface area contributed by atoms with Crippen LogP contribution in [0.4, 0.5) is 36.6 Å². The smallest absolute Gasteiger partial charge is 0.333 e. The third kappa shape index (κ3) is 6.02. The Morgan fingerprint density at radius 3 is 2.23 bits per heavy atom. The first-order valence-electron chi connectivity index (χ1n) is 10.3. The Bertz CT molecular complexity index is 1390. The number of halogens is 1. The van der Waals surface area contributed by atoms with Gasteiger partial charge in [-0.2, -0.15) is 8.42 Å². The minimum atomic E-state index is -4.80. The van der Waals surface area contributed by atoms with Gasteiger partial charge in [-0.1, -0.05) is 13.3 Å². The molecule has 0 N–H and O–H groups in total. The van der Waals surface area contributed by atoms with Gasteiger partial charge in [0.2, 0.25) is 5.00 Å². The molecule has 0 aliphatic heterocycles. The molecule has 0 radical (unpaired) electrons. The van der Waals surface area contributed by atoms with Crippen LogP contribution in [0.1, 0.15) is 25.8 Å². The number of aryl methyl sites for hydroxylation is 1. The molecule has 3 aromatic rings. The van der Waals surface area contributed by atoms with Gasteiger partial charge in [0.05, 0.1) is 20.4 Å². The molecule has 0 aliphatic carbocycles.